The number of ether oxygens (including phenoxy) is 2. The Kier molecular flexibility index (Phi) is 5.43. The van der Waals surface area contributed by atoms with Gasteiger partial charge in [-0.2, -0.15) is 0 Å². The Morgan fingerprint density at radius 1 is 1.19 bits per heavy atom. The summed E-state index contributed by atoms with van der Waals surface area (Å²) in [5.41, 5.74) is 1.92. The smallest absolute Gasteiger partial charge is 0.248 e. The third kappa shape index (κ3) is 4.38. The van der Waals surface area contributed by atoms with Crippen LogP contribution in [0, 0.1) is 0 Å². The van der Waals surface area contributed by atoms with Crippen molar-refractivity contribution in [1.29, 1.82) is 0 Å². The summed E-state index contributed by atoms with van der Waals surface area (Å²) >= 11 is 0. The number of carbonyl (C=O) groups is 1. The van der Waals surface area contributed by atoms with Gasteiger partial charge in [0.15, 0.2) is 11.5 Å². The highest BCUT2D eigenvalue weighted by atomic mass is 16.5. The van der Waals surface area contributed by atoms with E-state index in [2.05, 4.69) is 11.4 Å². The molecule has 0 radical (unpaired) electrons. The number of amides is 1. The van der Waals surface area contributed by atoms with Crippen molar-refractivity contribution in [3.8, 4) is 11.5 Å². The number of benzene rings is 1. The Balaban J connectivity index is 1.99. The molecule has 0 aliphatic heterocycles. The molecule has 0 saturated carbocycles. The number of hydrogen-bond acceptors (Lipinski definition) is 3. The zero-order valence-corrected chi connectivity index (χ0v) is 12.5. The highest BCUT2D eigenvalue weighted by Crippen LogP contribution is 2.27. The van der Waals surface area contributed by atoms with Crippen molar-refractivity contribution < 1.29 is 14.3 Å². The minimum atomic E-state index is -0.0991. The number of carbonyl (C=O) groups excluding carboxylic acids is 1. The molecule has 1 aromatic rings. The van der Waals surface area contributed by atoms with Crippen LogP contribution in [-0.4, -0.2) is 20.1 Å². The summed E-state index contributed by atoms with van der Waals surface area (Å²) in [6.45, 7) is 0. The molecule has 1 aromatic carbocycles. The topological polar surface area (TPSA) is 47.6 Å². The fourth-order valence-corrected chi connectivity index (χ4v) is 2.28. The van der Waals surface area contributed by atoms with E-state index in [0.717, 1.165) is 30.5 Å². The molecule has 1 aliphatic rings. The fraction of sp³-hybridized carbons (Fsp3) is 0.353. The van der Waals surface area contributed by atoms with Gasteiger partial charge in [0.25, 0.3) is 0 Å². The molecular weight excluding hydrogens is 266 g/mol. The van der Waals surface area contributed by atoms with Gasteiger partial charge in [0.05, 0.1) is 14.2 Å². The summed E-state index contributed by atoms with van der Waals surface area (Å²) in [4.78, 5) is 11.9. The lowest BCUT2D eigenvalue weighted by Gasteiger charge is -2.12. The molecule has 0 aromatic heterocycles. The molecule has 0 bridgehead atoms. The minimum Gasteiger partial charge on any atom is -0.493 e. The van der Waals surface area contributed by atoms with Crippen molar-refractivity contribution in [3.63, 3.8) is 0 Å². The van der Waals surface area contributed by atoms with E-state index >= 15 is 0 Å². The van der Waals surface area contributed by atoms with Crippen LogP contribution in [0.1, 0.15) is 31.2 Å². The number of rotatable bonds is 5. The van der Waals surface area contributed by atoms with Gasteiger partial charge in [0.1, 0.15) is 0 Å². The van der Waals surface area contributed by atoms with Crippen LogP contribution < -0.4 is 14.8 Å². The van der Waals surface area contributed by atoms with Crippen LogP contribution in [0.3, 0.4) is 0 Å². The second-order valence-corrected chi connectivity index (χ2v) is 4.91. The standard InChI is InChI=1S/C17H21NO3/c1-20-15-10-8-13(12-16(15)21-2)9-11-17(19)18-14-6-4-3-5-7-14/h6,8-12H,3-5,7H2,1-2H3,(H,18,19)/b11-9+. The Labute approximate surface area is 125 Å². The van der Waals surface area contributed by atoms with Gasteiger partial charge in [-0.3, -0.25) is 4.79 Å². The van der Waals surface area contributed by atoms with Crippen molar-refractivity contribution in [1.82, 2.24) is 5.32 Å². The fourth-order valence-electron chi connectivity index (χ4n) is 2.28. The quantitative estimate of drug-likeness (QED) is 0.845. The van der Waals surface area contributed by atoms with Gasteiger partial charge in [-0.15, -0.1) is 0 Å². The molecule has 1 N–H and O–H groups in total. The highest BCUT2D eigenvalue weighted by molar-refractivity contribution is 5.92. The van der Waals surface area contributed by atoms with Gasteiger partial charge in [-0.05, 0) is 49.5 Å². The van der Waals surface area contributed by atoms with Crippen LogP contribution in [0.15, 0.2) is 36.0 Å². The van der Waals surface area contributed by atoms with E-state index in [-0.39, 0.29) is 5.91 Å². The largest absolute Gasteiger partial charge is 0.493 e. The molecular formula is C17H21NO3. The Morgan fingerprint density at radius 2 is 2.00 bits per heavy atom. The summed E-state index contributed by atoms with van der Waals surface area (Å²) in [7, 11) is 3.19. The average molecular weight is 287 g/mol. The normalized spacial score (nSPS) is 14.7. The van der Waals surface area contributed by atoms with Gasteiger partial charge in [-0.25, -0.2) is 0 Å². The second kappa shape index (κ2) is 7.53. The third-order valence-electron chi connectivity index (χ3n) is 3.41. The van der Waals surface area contributed by atoms with Crippen LogP contribution in [-0.2, 0) is 4.79 Å². The summed E-state index contributed by atoms with van der Waals surface area (Å²) in [5, 5.41) is 2.92. The first-order chi connectivity index (χ1) is 10.2. The van der Waals surface area contributed by atoms with Gasteiger partial charge >= 0.3 is 0 Å². The zero-order chi connectivity index (χ0) is 15.1. The van der Waals surface area contributed by atoms with E-state index < -0.39 is 0 Å². The molecule has 21 heavy (non-hydrogen) atoms. The van der Waals surface area contributed by atoms with Crippen molar-refractivity contribution in [2.24, 2.45) is 0 Å². The van der Waals surface area contributed by atoms with E-state index in [1.54, 1.807) is 20.3 Å². The van der Waals surface area contributed by atoms with Crippen molar-refractivity contribution in [2.75, 3.05) is 14.2 Å². The highest BCUT2D eigenvalue weighted by Gasteiger charge is 2.06. The first kappa shape index (κ1) is 15.2. The van der Waals surface area contributed by atoms with Crippen LogP contribution in [0.2, 0.25) is 0 Å². The van der Waals surface area contributed by atoms with Gasteiger partial charge in [-0.1, -0.05) is 12.1 Å². The van der Waals surface area contributed by atoms with E-state index in [4.69, 9.17) is 9.47 Å². The van der Waals surface area contributed by atoms with Crippen molar-refractivity contribution in [3.05, 3.63) is 41.6 Å². The minimum absolute atomic E-state index is 0.0991. The summed E-state index contributed by atoms with van der Waals surface area (Å²) < 4.78 is 10.4. The van der Waals surface area contributed by atoms with Crippen molar-refractivity contribution in [2.45, 2.75) is 25.7 Å². The Bertz CT molecular complexity index is 561. The Hall–Kier alpha value is -2.23. The second-order valence-electron chi connectivity index (χ2n) is 4.91. The molecule has 4 heteroatoms. The molecule has 4 nitrogen and oxygen atoms in total. The monoisotopic (exact) mass is 287 g/mol. The number of allylic oxidation sites excluding steroid dienone is 2. The molecule has 112 valence electrons. The van der Waals surface area contributed by atoms with Crippen LogP contribution in [0.5, 0.6) is 11.5 Å². The van der Waals surface area contributed by atoms with Crippen LogP contribution in [0.25, 0.3) is 6.08 Å². The molecule has 0 saturated heterocycles. The van der Waals surface area contributed by atoms with Crippen molar-refractivity contribution >= 4 is 12.0 Å². The molecule has 0 atom stereocenters. The maximum absolute atomic E-state index is 11.9. The lowest BCUT2D eigenvalue weighted by Crippen LogP contribution is -2.21. The van der Waals surface area contributed by atoms with Crippen LogP contribution >= 0.6 is 0 Å². The SMILES string of the molecule is COc1ccc(/C=C/C(=O)NC2=CCCCC2)cc1OC. The van der Waals surface area contributed by atoms with Crippen LogP contribution in [0.4, 0.5) is 0 Å². The maximum Gasteiger partial charge on any atom is 0.248 e. The lowest BCUT2D eigenvalue weighted by atomic mass is 10.0. The third-order valence-corrected chi connectivity index (χ3v) is 3.41. The van der Waals surface area contributed by atoms with E-state index in [0.29, 0.717) is 11.5 Å². The van der Waals surface area contributed by atoms with E-state index in [9.17, 15) is 4.79 Å². The summed E-state index contributed by atoms with van der Waals surface area (Å²) in [5.74, 6) is 1.22. The summed E-state index contributed by atoms with van der Waals surface area (Å²) in [6, 6.07) is 5.54. The molecule has 1 amide bonds. The predicted octanol–water partition coefficient (Wildman–Crippen LogP) is 3.29. The molecule has 0 fully saturated rings. The maximum atomic E-state index is 11.9. The molecule has 2 rings (SSSR count). The predicted molar refractivity (Wildman–Crippen MR) is 83.3 cm³/mol. The molecule has 0 spiro atoms. The molecule has 0 unspecified atom stereocenters. The van der Waals surface area contributed by atoms with Gasteiger partial charge in [0.2, 0.25) is 5.91 Å². The molecule has 1 aliphatic carbocycles. The number of methoxy groups -OCH3 is 2. The van der Waals surface area contributed by atoms with Gasteiger partial charge < -0.3 is 14.8 Å². The zero-order valence-electron chi connectivity index (χ0n) is 12.5. The molecule has 0 heterocycles. The average Bonchev–Trinajstić information content (AvgIpc) is 2.53. The Morgan fingerprint density at radius 3 is 2.67 bits per heavy atom. The first-order valence-electron chi connectivity index (χ1n) is 7.13. The van der Waals surface area contributed by atoms with E-state index in [1.165, 1.54) is 12.5 Å². The summed E-state index contributed by atoms with van der Waals surface area (Å²) in [6.07, 6.45) is 9.76. The lowest BCUT2D eigenvalue weighted by molar-refractivity contribution is -0.115. The first-order valence-corrected chi connectivity index (χ1v) is 7.13. The number of hydrogen-bond donors (Lipinski definition) is 1. The van der Waals surface area contributed by atoms with E-state index in [1.807, 2.05) is 18.2 Å². The number of nitrogens with one attached hydrogen (secondary N) is 1. The van der Waals surface area contributed by atoms with Gasteiger partial charge in [0, 0.05) is 11.8 Å².